The van der Waals surface area contributed by atoms with E-state index in [1.165, 1.54) is 0 Å². The van der Waals surface area contributed by atoms with Gasteiger partial charge in [-0.1, -0.05) is 26.1 Å². The number of thiocarbonyl (C=S) groups is 1. The van der Waals surface area contributed by atoms with Crippen LogP contribution in [0.3, 0.4) is 0 Å². The smallest absolute Gasteiger partial charge is 0.224 e. The highest BCUT2D eigenvalue weighted by atomic mass is 32.1. The molecular formula is C13H26N2O2S. The van der Waals surface area contributed by atoms with Gasteiger partial charge in [0.1, 0.15) is 0 Å². The van der Waals surface area contributed by atoms with E-state index in [2.05, 4.69) is 13.8 Å². The average molecular weight is 274 g/mol. The van der Waals surface area contributed by atoms with Crippen LogP contribution in [0.1, 0.15) is 40.0 Å². The molecule has 0 aromatic heterocycles. The predicted octanol–water partition coefficient (Wildman–Crippen LogP) is 1.96. The van der Waals surface area contributed by atoms with Gasteiger partial charge in [-0.2, -0.15) is 0 Å². The molecule has 0 heterocycles. The SMILES string of the molecule is CC(C)CC(C)OCCC(=O)N(C)CCC(N)=S. The van der Waals surface area contributed by atoms with Crippen molar-refractivity contribution >= 4 is 23.1 Å². The highest BCUT2D eigenvalue weighted by Crippen LogP contribution is 2.08. The van der Waals surface area contributed by atoms with Crippen molar-refractivity contribution < 1.29 is 9.53 Å². The number of rotatable bonds is 9. The van der Waals surface area contributed by atoms with Gasteiger partial charge in [0.2, 0.25) is 5.91 Å². The predicted molar refractivity (Wildman–Crippen MR) is 78.5 cm³/mol. The molecule has 0 aromatic rings. The van der Waals surface area contributed by atoms with Crippen LogP contribution in [0.15, 0.2) is 0 Å². The fourth-order valence-corrected chi connectivity index (χ4v) is 1.76. The van der Waals surface area contributed by atoms with Crippen molar-refractivity contribution in [2.24, 2.45) is 11.7 Å². The van der Waals surface area contributed by atoms with Gasteiger partial charge in [0, 0.05) is 20.0 Å². The van der Waals surface area contributed by atoms with Gasteiger partial charge in [-0.15, -0.1) is 0 Å². The summed E-state index contributed by atoms with van der Waals surface area (Å²) in [6.07, 6.45) is 2.21. The van der Waals surface area contributed by atoms with Crippen LogP contribution in [0.25, 0.3) is 0 Å². The number of amides is 1. The van der Waals surface area contributed by atoms with Gasteiger partial charge in [0.25, 0.3) is 0 Å². The molecule has 4 nitrogen and oxygen atoms in total. The maximum Gasteiger partial charge on any atom is 0.224 e. The molecule has 0 radical (unpaired) electrons. The summed E-state index contributed by atoms with van der Waals surface area (Å²) in [5.41, 5.74) is 5.40. The van der Waals surface area contributed by atoms with Crippen LogP contribution < -0.4 is 5.73 Å². The molecule has 2 N–H and O–H groups in total. The Balaban J connectivity index is 3.72. The van der Waals surface area contributed by atoms with E-state index in [9.17, 15) is 4.79 Å². The third kappa shape index (κ3) is 9.36. The normalized spacial score (nSPS) is 12.5. The van der Waals surface area contributed by atoms with Crippen LogP contribution in [0, 0.1) is 5.92 Å². The Hall–Kier alpha value is -0.680. The molecular weight excluding hydrogens is 248 g/mol. The minimum absolute atomic E-state index is 0.0722. The second-order valence-electron chi connectivity index (χ2n) is 5.09. The third-order valence-corrected chi connectivity index (χ3v) is 2.85. The highest BCUT2D eigenvalue weighted by Gasteiger charge is 2.10. The number of hydrogen-bond donors (Lipinski definition) is 1. The molecule has 0 aromatic carbocycles. The van der Waals surface area contributed by atoms with Crippen molar-refractivity contribution in [1.29, 1.82) is 0 Å². The number of ether oxygens (including phenoxy) is 1. The lowest BCUT2D eigenvalue weighted by Gasteiger charge is -2.18. The van der Waals surface area contributed by atoms with Crippen molar-refractivity contribution in [3.63, 3.8) is 0 Å². The van der Waals surface area contributed by atoms with E-state index in [-0.39, 0.29) is 12.0 Å². The van der Waals surface area contributed by atoms with E-state index in [4.69, 9.17) is 22.7 Å². The summed E-state index contributed by atoms with van der Waals surface area (Å²) in [5, 5.41) is 0. The molecule has 0 fully saturated rings. The Kier molecular flexibility index (Phi) is 8.93. The Morgan fingerprint density at radius 1 is 1.33 bits per heavy atom. The van der Waals surface area contributed by atoms with Gasteiger partial charge in [0.15, 0.2) is 0 Å². The highest BCUT2D eigenvalue weighted by molar-refractivity contribution is 7.80. The zero-order chi connectivity index (χ0) is 14.1. The molecule has 1 unspecified atom stereocenters. The van der Waals surface area contributed by atoms with Gasteiger partial charge in [-0.25, -0.2) is 0 Å². The van der Waals surface area contributed by atoms with Crippen LogP contribution >= 0.6 is 12.2 Å². The first-order valence-corrected chi connectivity index (χ1v) is 6.87. The minimum Gasteiger partial charge on any atom is -0.393 e. The molecule has 0 aliphatic heterocycles. The molecule has 1 amide bonds. The lowest BCUT2D eigenvalue weighted by Crippen LogP contribution is -2.31. The fourth-order valence-electron chi connectivity index (χ4n) is 1.67. The van der Waals surface area contributed by atoms with E-state index in [1.54, 1.807) is 11.9 Å². The van der Waals surface area contributed by atoms with Crippen LogP contribution in [0.4, 0.5) is 0 Å². The summed E-state index contributed by atoms with van der Waals surface area (Å²) in [7, 11) is 1.76. The Labute approximate surface area is 116 Å². The molecule has 1 atom stereocenters. The van der Waals surface area contributed by atoms with Gasteiger partial charge < -0.3 is 15.4 Å². The number of nitrogens with two attached hydrogens (primary N) is 1. The lowest BCUT2D eigenvalue weighted by atomic mass is 10.1. The van der Waals surface area contributed by atoms with Gasteiger partial charge in [0.05, 0.1) is 24.1 Å². The zero-order valence-electron chi connectivity index (χ0n) is 11.9. The maximum absolute atomic E-state index is 11.7. The Morgan fingerprint density at radius 2 is 1.94 bits per heavy atom. The summed E-state index contributed by atoms with van der Waals surface area (Å²) >= 11 is 4.78. The third-order valence-electron chi connectivity index (χ3n) is 2.64. The number of carbonyl (C=O) groups is 1. The van der Waals surface area contributed by atoms with Crippen LogP contribution in [-0.2, 0) is 9.53 Å². The second kappa shape index (κ2) is 9.28. The van der Waals surface area contributed by atoms with Crippen LogP contribution in [0.5, 0.6) is 0 Å². The molecule has 0 aliphatic rings. The van der Waals surface area contributed by atoms with Crippen molar-refractivity contribution in [3.8, 4) is 0 Å². The largest absolute Gasteiger partial charge is 0.393 e. The van der Waals surface area contributed by atoms with Crippen LogP contribution in [0.2, 0.25) is 0 Å². The minimum atomic E-state index is 0.0722. The standard InChI is InChI=1S/C13H26N2O2S/c1-10(2)9-11(3)17-8-6-13(16)15(4)7-5-12(14)18/h10-11H,5-9H2,1-4H3,(H2,14,18). The first-order chi connectivity index (χ1) is 8.32. The van der Waals surface area contributed by atoms with Gasteiger partial charge >= 0.3 is 0 Å². The number of carbonyl (C=O) groups excluding carboxylic acids is 1. The topological polar surface area (TPSA) is 55.6 Å². The number of hydrogen-bond acceptors (Lipinski definition) is 3. The van der Waals surface area contributed by atoms with Gasteiger partial charge in [-0.05, 0) is 19.3 Å². The first kappa shape index (κ1) is 17.3. The van der Waals surface area contributed by atoms with Crippen LogP contribution in [-0.4, -0.2) is 42.1 Å². The molecule has 0 spiro atoms. The first-order valence-electron chi connectivity index (χ1n) is 6.46. The van der Waals surface area contributed by atoms with E-state index in [0.717, 1.165) is 6.42 Å². The van der Waals surface area contributed by atoms with Crippen molar-refractivity contribution in [2.75, 3.05) is 20.2 Å². The fraction of sp³-hybridized carbons (Fsp3) is 0.846. The Bertz CT molecular complexity index is 270. The summed E-state index contributed by atoms with van der Waals surface area (Å²) < 4.78 is 5.60. The Morgan fingerprint density at radius 3 is 2.44 bits per heavy atom. The van der Waals surface area contributed by atoms with E-state index < -0.39 is 0 Å². The molecule has 0 saturated carbocycles. The van der Waals surface area contributed by atoms with Crippen molar-refractivity contribution in [1.82, 2.24) is 4.90 Å². The molecule has 18 heavy (non-hydrogen) atoms. The summed E-state index contributed by atoms with van der Waals surface area (Å²) in [6, 6.07) is 0. The van der Waals surface area contributed by atoms with E-state index in [0.29, 0.717) is 36.9 Å². The van der Waals surface area contributed by atoms with Crippen molar-refractivity contribution in [2.45, 2.75) is 46.1 Å². The maximum atomic E-state index is 11.7. The van der Waals surface area contributed by atoms with Gasteiger partial charge in [-0.3, -0.25) is 4.79 Å². The molecule has 0 bridgehead atoms. The van der Waals surface area contributed by atoms with E-state index >= 15 is 0 Å². The quantitative estimate of drug-likeness (QED) is 0.653. The lowest BCUT2D eigenvalue weighted by molar-refractivity contribution is -0.131. The molecule has 0 saturated heterocycles. The van der Waals surface area contributed by atoms with Crippen molar-refractivity contribution in [3.05, 3.63) is 0 Å². The zero-order valence-corrected chi connectivity index (χ0v) is 12.8. The monoisotopic (exact) mass is 274 g/mol. The average Bonchev–Trinajstić information content (AvgIpc) is 2.24. The molecule has 5 heteroatoms. The summed E-state index contributed by atoms with van der Waals surface area (Å²) in [4.78, 5) is 13.8. The molecule has 0 aliphatic carbocycles. The number of nitrogens with zero attached hydrogens (tertiary/aromatic N) is 1. The van der Waals surface area contributed by atoms with E-state index in [1.807, 2.05) is 6.92 Å². The summed E-state index contributed by atoms with van der Waals surface area (Å²) in [5.74, 6) is 0.687. The summed E-state index contributed by atoms with van der Waals surface area (Å²) in [6.45, 7) is 7.42. The molecule has 0 rings (SSSR count). The second-order valence-corrected chi connectivity index (χ2v) is 5.62. The molecule has 106 valence electrons.